The molecule has 3 heterocycles. The Labute approximate surface area is 109 Å². The van der Waals surface area contributed by atoms with Gasteiger partial charge < -0.3 is 5.32 Å². The van der Waals surface area contributed by atoms with Crippen molar-refractivity contribution in [2.75, 3.05) is 13.1 Å². The van der Waals surface area contributed by atoms with Crippen molar-refractivity contribution in [3.8, 4) is 0 Å². The van der Waals surface area contributed by atoms with E-state index in [1.165, 1.54) is 44.5 Å². The Morgan fingerprint density at radius 2 is 2.28 bits per heavy atom. The fourth-order valence-electron chi connectivity index (χ4n) is 3.52. The molecule has 2 aliphatic heterocycles. The minimum Gasteiger partial charge on any atom is -0.307 e. The zero-order chi connectivity index (χ0) is 12.4. The third kappa shape index (κ3) is 2.31. The number of hydrogen-bond donors (Lipinski definition) is 1. The fourth-order valence-corrected chi connectivity index (χ4v) is 3.52. The van der Waals surface area contributed by atoms with Gasteiger partial charge in [-0.05, 0) is 38.8 Å². The number of piperidine rings is 1. The lowest BCUT2D eigenvalue weighted by atomic mass is 9.99. The van der Waals surface area contributed by atoms with Gasteiger partial charge in [-0.15, -0.1) is 0 Å². The van der Waals surface area contributed by atoms with E-state index >= 15 is 0 Å². The first-order valence-electron chi connectivity index (χ1n) is 7.36. The predicted molar refractivity (Wildman–Crippen MR) is 72.4 cm³/mol. The number of rotatable bonds is 4. The summed E-state index contributed by atoms with van der Waals surface area (Å²) in [6, 6.07) is 3.60. The van der Waals surface area contributed by atoms with E-state index in [9.17, 15) is 0 Å². The smallest absolute Gasteiger partial charge is 0.0522 e. The van der Waals surface area contributed by atoms with Crippen LogP contribution in [0.15, 0.2) is 12.3 Å². The van der Waals surface area contributed by atoms with Crippen LogP contribution in [0.3, 0.4) is 0 Å². The van der Waals surface area contributed by atoms with Crippen molar-refractivity contribution in [3.63, 3.8) is 0 Å². The Morgan fingerprint density at radius 3 is 3.17 bits per heavy atom. The van der Waals surface area contributed by atoms with Gasteiger partial charge in [0.05, 0.1) is 5.69 Å². The van der Waals surface area contributed by atoms with E-state index in [4.69, 9.17) is 0 Å². The molecule has 18 heavy (non-hydrogen) atoms. The average molecular weight is 248 g/mol. The minimum atomic E-state index is 0.686. The average Bonchev–Trinajstić information content (AvgIpc) is 3.02. The molecule has 0 saturated carbocycles. The van der Waals surface area contributed by atoms with Crippen molar-refractivity contribution >= 4 is 0 Å². The topological polar surface area (TPSA) is 33.1 Å². The van der Waals surface area contributed by atoms with Crippen LogP contribution in [-0.2, 0) is 13.1 Å². The summed E-state index contributed by atoms with van der Waals surface area (Å²) in [5.41, 5.74) is 1.31. The number of nitrogens with zero attached hydrogens (tertiary/aromatic N) is 3. The molecule has 4 heteroatoms. The molecule has 2 atom stereocenters. The van der Waals surface area contributed by atoms with E-state index in [-0.39, 0.29) is 0 Å². The van der Waals surface area contributed by atoms with Crippen molar-refractivity contribution in [1.82, 2.24) is 20.0 Å². The van der Waals surface area contributed by atoms with Gasteiger partial charge >= 0.3 is 0 Å². The van der Waals surface area contributed by atoms with E-state index in [0.717, 1.165) is 19.1 Å². The zero-order valence-corrected chi connectivity index (χ0v) is 11.3. The fraction of sp³-hybridized carbons (Fsp3) is 0.786. The maximum Gasteiger partial charge on any atom is 0.0522 e. The third-order valence-corrected chi connectivity index (χ3v) is 4.51. The largest absolute Gasteiger partial charge is 0.307 e. The Bertz CT molecular complexity index is 387. The highest BCUT2D eigenvalue weighted by Crippen LogP contribution is 2.27. The number of nitrogens with one attached hydrogen (secondary N) is 1. The summed E-state index contributed by atoms with van der Waals surface area (Å²) in [7, 11) is 0. The molecule has 2 unspecified atom stereocenters. The van der Waals surface area contributed by atoms with Crippen LogP contribution in [0.4, 0.5) is 0 Å². The SMILES string of the molecule is CCn1nccc1CNC1CCN2CCCCC12. The second-order valence-corrected chi connectivity index (χ2v) is 5.51. The number of fused-ring (bicyclic) bond motifs is 1. The summed E-state index contributed by atoms with van der Waals surface area (Å²) < 4.78 is 2.08. The van der Waals surface area contributed by atoms with E-state index in [1.54, 1.807) is 0 Å². The molecule has 0 amide bonds. The van der Waals surface area contributed by atoms with Gasteiger partial charge in [0.1, 0.15) is 0 Å². The number of hydrogen-bond acceptors (Lipinski definition) is 3. The lowest BCUT2D eigenvalue weighted by molar-refractivity contribution is 0.180. The molecule has 1 N–H and O–H groups in total. The lowest BCUT2D eigenvalue weighted by Gasteiger charge is -2.32. The van der Waals surface area contributed by atoms with Crippen molar-refractivity contribution in [2.24, 2.45) is 0 Å². The van der Waals surface area contributed by atoms with Crippen LogP contribution in [0.1, 0.15) is 38.3 Å². The first-order chi connectivity index (χ1) is 8.88. The standard InChI is InChI=1S/C14H24N4/c1-2-18-12(6-8-16-18)11-15-13-7-10-17-9-4-3-5-14(13)17/h6,8,13-15H,2-5,7,9-11H2,1H3. The molecule has 0 radical (unpaired) electrons. The molecule has 0 bridgehead atoms. The highest BCUT2D eigenvalue weighted by molar-refractivity contribution is 5.02. The summed E-state index contributed by atoms with van der Waals surface area (Å²) in [6.45, 7) is 6.67. The summed E-state index contributed by atoms with van der Waals surface area (Å²) in [4.78, 5) is 2.68. The van der Waals surface area contributed by atoms with Crippen LogP contribution in [0.25, 0.3) is 0 Å². The number of aromatic nitrogens is 2. The summed E-state index contributed by atoms with van der Waals surface area (Å²) in [6.07, 6.45) is 7.40. The van der Waals surface area contributed by atoms with Crippen molar-refractivity contribution in [3.05, 3.63) is 18.0 Å². The van der Waals surface area contributed by atoms with Gasteiger partial charge in [0, 0.05) is 37.9 Å². The van der Waals surface area contributed by atoms with Gasteiger partial charge in [-0.25, -0.2) is 0 Å². The quantitative estimate of drug-likeness (QED) is 0.879. The maximum absolute atomic E-state index is 4.33. The van der Waals surface area contributed by atoms with Gasteiger partial charge in [0.15, 0.2) is 0 Å². The molecule has 1 aromatic heterocycles. The first-order valence-corrected chi connectivity index (χ1v) is 7.36. The van der Waals surface area contributed by atoms with Crippen molar-refractivity contribution < 1.29 is 0 Å². The molecule has 2 saturated heterocycles. The highest BCUT2D eigenvalue weighted by atomic mass is 15.3. The molecule has 100 valence electrons. The number of aryl methyl sites for hydroxylation is 1. The second kappa shape index (κ2) is 5.41. The first kappa shape index (κ1) is 12.2. The maximum atomic E-state index is 4.33. The normalized spacial score (nSPS) is 28.5. The molecule has 0 spiro atoms. The summed E-state index contributed by atoms with van der Waals surface area (Å²) >= 11 is 0. The zero-order valence-electron chi connectivity index (χ0n) is 11.3. The Kier molecular flexibility index (Phi) is 3.66. The molecule has 1 aromatic rings. The third-order valence-electron chi connectivity index (χ3n) is 4.51. The Hall–Kier alpha value is -0.870. The molecule has 0 aliphatic carbocycles. The predicted octanol–water partition coefficient (Wildman–Crippen LogP) is 1.62. The molecule has 4 nitrogen and oxygen atoms in total. The summed E-state index contributed by atoms with van der Waals surface area (Å²) in [5, 5.41) is 8.08. The van der Waals surface area contributed by atoms with E-state index in [0.29, 0.717) is 6.04 Å². The van der Waals surface area contributed by atoms with E-state index in [2.05, 4.69) is 33.0 Å². The van der Waals surface area contributed by atoms with Crippen LogP contribution in [0, 0.1) is 0 Å². The summed E-state index contributed by atoms with van der Waals surface area (Å²) in [5.74, 6) is 0. The van der Waals surface area contributed by atoms with Crippen LogP contribution in [0.2, 0.25) is 0 Å². The second-order valence-electron chi connectivity index (χ2n) is 5.51. The van der Waals surface area contributed by atoms with Crippen LogP contribution in [-0.4, -0.2) is 39.9 Å². The van der Waals surface area contributed by atoms with Gasteiger partial charge in [-0.2, -0.15) is 5.10 Å². The molecule has 2 fully saturated rings. The highest BCUT2D eigenvalue weighted by Gasteiger charge is 2.34. The van der Waals surface area contributed by atoms with Crippen LogP contribution >= 0.6 is 0 Å². The van der Waals surface area contributed by atoms with Crippen molar-refractivity contribution in [2.45, 2.75) is 57.8 Å². The van der Waals surface area contributed by atoms with Crippen LogP contribution < -0.4 is 5.32 Å². The molecule has 2 aliphatic rings. The molecular weight excluding hydrogens is 224 g/mol. The van der Waals surface area contributed by atoms with Gasteiger partial charge in [0.25, 0.3) is 0 Å². The van der Waals surface area contributed by atoms with E-state index in [1.807, 2.05) is 6.20 Å². The van der Waals surface area contributed by atoms with Crippen molar-refractivity contribution in [1.29, 1.82) is 0 Å². The lowest BCUT2D eigenvalue weighted by Crippen LogP contribution is -2.44. The van der Waals surface area contributed by atoms with Crippen LogP contribution in [0.5, 0.6) is 0 Å². The van der Waals surface area contributed by atoms with E-state index < -0.39 is 0 Å². The van der Waals surface area contributed by atoms with Gasteiger partial charge in [-0.1, -0.05) is 6.42 Å². The monoisotopic (exact) mass is 248 g/mol. The molecule has 0 aromatic carbocycles. The van der Waals surface area contributed by atoms with Gasteiger partial charge in [0.2, 0.25) is 0 Å². The van der Waals surface area contributed by atoms with Gasteiger partial charge in [-0.3, -0.25) is 9.58 Å². The minimum absolute atomic E-state index is 0.686. The molecule has 3 rings (SSSR count). The Balaban J connectivity index is 1.57. The Morgan fingerprint density at radius 1 is 1.33 bits per heavy atom. The molecular formula is C14H24N4.